The van der Waals surface area contributed by atoms with Gasteiger partial charge in [-0.3, -0.25) is 0 Å². The van der Waals surface area contributed by atoms with Gasteiger partial charge in [0.15, 0.2) is 5.13 Å². The maximum absolute atomic E-state index is 4.54. The number of hydrogen-bond donors (Lipinski definition) is 1. The van der Waals surface area contributed by atoms with Gasteiger partial charge >= 0.3 is 0 Å². The van der Waals surface area contributed by atoms with Gasteiger partial charge in [-0.15, -0.1) is 0 Å². The summed E-state index contributed by atoms with van der Waals surface area (Å²) in [6, 6.07) is 2.61. The number of thiophene rings is 1. The van der Waals surface area contributed by atoms with Crippen LogP contribution in [0.2, 0.25) is 0 Å². The second-order valence-corrected chi connectivity index (χ2v) is 7.87. The summed E-state index contributed by atoms with van der Waals surface area (Å²) < 4.78 is 2.09. The van der Waals surface area contributed by atoms with E-state index in [1.54, 1.807) is 22.7 Å². The number of anilines is 1. The summed E-state index contributed by atoms with van der Waals surface area (Å²) in [5, 5.41) is 8.70. The molecule has 0 saturated carbocycles. The lowest BCUT2D eigenvalue weighted by Gasteiger charge is -2.07. The highest BCUT2D eigenvalue weighted by molar-refractivity contribution is 7.18. The molecule has 4 nitrogen and oxygen atoms in total. The molecule has 0 unspecified atom stereocenters. The van der Waals surface area contributed by atoms with Gasteiger partial charge in [-0.25, -0.2) is 9.97 Å². The van der Waals surface area contributed by atoms with Crippen LogP contribution in [0.1, 0.15) is 19.4 Å². The number of rotatable bonds is 4. The average Bonchev–Trinajstić information content (AvgIpc) is 3.25. The van der Waals surface area contributed by atoms with Crippen molar-refractivity contribution >= 4 is 33.5 Å². The Labute approximate surface area is 148 Å². The monoisotopic (exact) mass is 354 g/mol. The maximum atomic E-state index is 4.54. The normalized spacial score (nSPS) is 11.5. The molecule has 0 bridgehead atoms. The highest BCUT2D eigenvalue weighted by Crippen LogP contribution is 2.35. The van der Waals surface area contributed by atoms with Crippen LogP contribution >= 0.6 is 22.7 Å². The fourth-order valence-corrected chi connectivity index (χ4v) is 4.51. The summed E-state index contributed by atoms with van der Waals surface area (Å²) in [5.41, 5.74) is 5.86. The SMILES string of the molecule is Cc1cscc1-c1cc(-c2cnc(NC(C)C)s2)cn2ccnc12. The lowest BCUT2D eigenvalue weighted by atomic mass is 10.0. The molecule has 0 fully saturated rings. The van der Waals surface area contributed by atoms with Gasteiger partial charge in [0, 0.05) is 42.0 Å². The van der Waals surface area contributed by atoms with Crippen LogP contribution in [0.25, 0.3) is 27.2 Å². The zero-order valence-electron chi connectivity index (χ0n) is 13.8. The largest absolute Gasteiger partial charge is 0.359 e. The minimum absolute atomic E-state index is 0.379. The van der Waals surface area contributed by atoms with Crippen molar-refractivity contribution < 1.29 is 0 Å². The lowest BCUT2D eigenvalue weighted by molar-refractivity contribution is 0.896. The number of nitrogens with one attached hydrogen (secondary N) is 1. The topological polar surface area (TPSA) is 42.2 Å². The zero-order chi connectivity index (χ0) is 16.7. The fraction of sp³-hybridized carbons (Fsp3) is 0.222. The van der Waals surface area contributed by atoms with E-state index in [9.17, 15) is 0 Å². The van der Waals surface area contributed by atoms with E-state index in [-0.39, 0.29) is 0 Å². The number of thiazole rings is 1. The molecule has 0 amide bonds. The van der Waals surface area contributed by atoms with Gasteiger partial charge in [-0.05, 0) is 48.7 Å². The van der Waals surface area contributed by atoms with Gasteiger partial charge < -0.3 is 9.72 Å². The Morgan fingerprint density at radius 2 is 2.04 bits per heavy atom. The summed E-state index contributed by atoms with van der Waals surface area (Å²) in [5.74, 6) is 0. The van der Waals surface area contributed by atoms with E-state index >= 15 is 0 Å². The predicted molar refractivity (Wildman–Crippen MR) is 103 cm³/mol. The number of imidazole rings is 1. The van der Waals surface area contributed by atoms with Crippen molar-refractivity contribution in [2.24, 2.45) is 0 Å². The minimum atomic E-state index is 0.379. The summed E-state index contributed by atoms with van der Waals surface area (Å²) >= 11 is 3.41. The number of pyridine rings is 1. The van der Waals surface area contributed by atoms with Crippen LogP contribution in [-0.4, -0.2) is 20.4 Å². The number of aryl methyl sites for hydroxylation is 1. The van der Waals surface area contributed by atoms with Crippen molar-refractivity contribution in [2.75, 3.05) is 5.32 Å². The fourth-order valence-electron chi connectivity index (χ4n) is 2.72. The van der Waals surface area contributed by atoms with Gasteiger partial charge in [0.2, 0.25) is 0 Å². The highest BCUT2D eigenvalue weighted by atomic mass is 32.1. The van der Waals surface area contributed by atoms with E-state index in [0.717, 1.165) is 21.2 Å². The smallest absolute Gasteiger partial charge is 0.183 e. The van der Waals surface area contributed by atoms with Crippen molar-refractivity contribution in [1.29, 1.82) is 0 Å². The first-order valence-electron chi connectivity index (χ1n) is 7.84. The maximum Gasteiger partial charge on any atom is 0.183 e. The van der Waals surface area contributed by atoms with E-state index in [4.69, 9.17) is 0 Å². The molecule has 6 heteroatoms. The molecule has 4 heterocycles. The van der Waals surface area contributed by atoms with Gasteiger partial charge in [-0.2, -0.15) is 11.3 Å². The van der Waals surface area contributed by atoms with Gasteiger partial charge in [0.1, 0.15) is 5.65 Å². The van der Waals surface area contributed by atoms with Crippen molar-refractivity contribution in [2.45, 2.75) is 26.8 Å². The van der Waals surface area contributed by atoms with Gasteiger partial charge in [0.05, 0.1) is 4.88 Å². The first-order chi connectivity index (χ1) is 11.6. The molecular formula is C18H18N4S2. The van der Waals surface area contributed by atoms with Crippen LogP contribution in [0.3, 0.4) is 0 Å². The number of fused-ring (bicyclic) bond motifs is 1. The predicted octanol–water partition coefficient (Wildman–Crippen LogP) is 5.32. The molecule has 4 rings (SSSR count). The van der Waals surface area contributed by atoms with Crippen LogP contribution in [0.4, 0.5) is 5.13 Å². The van der Waals surface area contributed by atoms with Gasteiger partial charge in [0.25, 0.3) is 0 Å². The Morgan fingerprint density at radius 1 is 1.17 bits per heavy atom. The third-order valence-corrected chi connectivity index (χ3v) is 5.67. The van der Waals surface area contributed by atoms with Crippen LogP contribution in [0.5, 0.6) is 0 Å². The molecule has 0 aromatic carbocycles. The Morgan fingerprint density at radius 3 is 2.79 bits per heavy atom. The summed E-state index contributed by atoms with van der Waals surface area (Å²) in [7, 11) is 0. The third kappa shape index (κ3) is 2.72. The van der Waals surface area contributed by atoms with Crippen LogP contribution < -0.4 is 5.32 Å². The van der Waals surface area contributed by atoms with E-state index in [2.05, 4.69) is 63.5 Å². The second kappa shape index (κ2) is 6.03. The van der Waals surface area contributed by atoms with E-state index in [1.807, 2.05) is 18.6 Å². The van der Waals surface area contributed by atoms with Crippen molar-refractivity contribution in [1.82, 2.24) is 14.4 Å². The zero-order valence-corrected chi connectivity index (χ0v) is 15.4. The molecule has 0 aliphatic rings. The first kappa shape index (κ1) is 15.4. The molecule has 1 N–H and O–H groups in total. The molecule has 0 aliphatic heterocycles. The van der Waals surface area contributed by atoms with Gasteiger partial charge in [-0.1, -0.05) is 11.3 Å². The number of aromatic nitrogens is 3. The Bertz CT molecular complexity index is 993. The summed E-state index contributed by atoms with van der Waals surface area (Å²) in [6.07, 6.45) is 7.92. The van der Waals surface area contributed by atoms with Crippen LogP contribution in [0.15, 0.2) is 41.6 Å². The first-order valence-corrected chi connectivity index (χ1v) is 9.60. The molecule has 0 aliphatic carbocycles. The van der Waals surface area contributed by atoms with E-state index in [0.29, 0.717) is 6.04 Å². The Balaban J connectivity index is 1.85. The molecule has 0 spiro atoms. The molecule has 0 saturated heterocycles. The highest BCUT2D eigenvalue weighted by Gasteiger charge is 2.13. The molecule has 4 aromatic rings. The van der Waals surface area contributed by atoms with E-state index in [1.165, 1.54) is 16.7 Å². The van der Waals surface area contributed by atoms with Crippen LogP contribution in [0, 0.1) is 6.92 Å². The number of nitrogens with zero attached hydrogens (tertiary/aromatic N) is 3. The Hall–Kier alpha value is -2.18. The molecule has 122 valence electrons. The summed E-state index contributed by atoms with van der Waals surface area (Å²) in [6.45, 7) is 6.39. The molecule has 0 radical (unpaired) electrons. The molecule has 4 aromatic heterocycles. The number of hydrogen-bond acceptors (Lipinski definition) is 5. The van der Waals surface area contributed by atoms with Crippen molar-refractivity contribution in [3.05, 3.63) is 47.2 Å². The quantitative estimate of drug-likeness (QED) is 0.540. The summed E-state index contributed by atoms with van der Waals surface area (Å²) in [4.78, 5) is 10.2. The average molecular weight is 355 g/mol. The lowest BCUT2D eigenvalue weighted by Crippen LogP contribution is -2.08. The second-order valence-electron chi connectivity index (χ2n) is 6.10. The molecular weight excluding hydrogens is 336 g/mol. The van der Waals surface area contributed by atoms with Crippen molar-refractivity contribution in [3.8, 4) is 21.6 Å². The Kier molecular flexibility index (Phi) is 3.86. The molecule has 24 heavy (non-hydrogen) atoms. The van der Waals surface area contributed by atoms with Crippen LogP contribution in [-0.2, 0) is 0 Å². The van der Waals surface area contributed by atoms with E-state index < -0.39 is 0 Å². The minimum Gasteiger partial charge on any atom is -0.359 e. The third-order valence-electron chi connectivity index (χ3n) is 3.84. The molecule has 0 atom stereocenters. The standard InChI is InChI=1S/C18H18N4S2/c1-11(2)21-18-20-7-16(24-18)13-6-14(15-10-23-9-12(15)3)17-19-4-5-22(17)8-13/h4-11H,1-3H3,(H,20,21). The van der Waals surface area contributed by atoms with Crippen molar-refractivity contribution in [3.63, 3.8) is 0 Å².